The van der Waals surface area contributed by atoms with E-state index in [4.69, 9.17) is 0 Å². The Balaban J connectivity index is 0.00000280. The van der Waals surface area contributed by atoms with E-state index in [2.05, 4.69) is 38.0 Å². The van der Waals surface area contributed by atoms with Crippen LogP contribution in [0.5, 0.6) is 0 Å². The quantitative estimate of drug-likeness (QED) is 0.336. The van der Waals surface area contributed by atoms with E-state index < -0.39 is 12.7 Å². The third-order valence-corrected chi connectivity index (χ3v) is 6.13. The van der Waals surface area contributed by atoms with Crippen LogP contribution in [-0.4, -0.2) is 74.3 Å². The summed E-state index contributed by atoms with van der Waals surface area (Å²) >= 11 is 1.76. The van der Waals surface area contributed by atoms with E-state index in [9.17, 15) is 13.2 Å². The zero-order chi connectivity index (χ0) is 19.3. The first-order valence-corrected chi connectivity index (χ1v) is 10.4. The standard InChI is InChI=1S/C18H28F3N5S.HI/c1-22-17(24-14-6-9-25(12-14)13-18(19,20)21)23-11-15(16-5-4-10-27-16)26-7-2-3-8-26;/h4-5,10,14-15H,2-3,6-9,11-13H2,1H3,(H2,22,23,24);1H. The van der Waals surface area contributed by atoms with Crippen molar-refractivity contribution in [3.05, 3.63) is 22.4 Å². The minimum atomic E-state index is -4.14. The molecule has 3 rings (SSSR count). The van der Waals surface area contributed by atoms with E-state index in [1.165, 1.54) is 22.6 Å². The summed E-state index contributed by atoms with van der Waals surface area (Å²) in [6, 6.07) is 4.53. The normalized spacial score (nSPS) is 22.9. The minimum Gasteiger partial charge on any atom is -0.354 e. The van der Waals surface area contributed by atoms with Crippen molar-refractivity contribution in [1.82, 2.24) is 20.4 Å². The van der Waals surface area contributed by atoms with Gasteiger partial charge in [-0.1, -0.05) is 6.07 Å². The van der Waals surface area contributed by atoms with Gasteiger partial charge in [0.2, 0.25) is 0 Å². The Morgan fingerprint density at radius 2 is 2.07 bits per heavy atom. The topological polar surface area (TPSA) is 42.9 Å². The van der Waals surface area contributed by atoms with Gasteiger partial charge in [0.25, 0.3) is 0 Å². The number of nitrogens with one attached hydrogen (secondary N) is 2. The van der Waals surface area contributed by atoms with Crippen molar-refractivity contribution < 1.29 is 13.2 Å². The molecule has 0 spiro atoms. The Morgan fingerprint density at radius 3 is 2.68 bits per heavy atom. The molecule has 10 heteroatoms. The van der Waals surface area contributed by atoms with E-state index in [-0.39, 0.29) is 30.0 Å². The Bertz CT molecular complexity index is 605. The first kappa shape index (κ1) is 23.7. The molecule has 2 aliphatic rings. The maximum absolute atomic E-state index is 12.6. The van der Waals surface area contributed by atoms with Crippen molar-refractivity contribution >= 4 is 41.3 Å². The maximum atomic E-state index is 12.6. The second-order valence-electron chi connectivity index (χ2n) is 7.21. The Kier molecular flexibility index (Phi) is 9.29. The van der Waals surface area contributed by atoms with Gasteiger partial charge in [-0.3, -0.25) is 14.8 Å². The van der Waals surface area contributed by atoms with Crippen LogP contribution < -0.4 is 10.6 Å². The molecule has 2 unspecified atom stereocenters. The van der Waals surface area contributed by atoms with E-state index in [0.717, 1.165) is 19.6 Å². The Hall–Kier alpha value is -0.590. The number of hydrogen-bond acceptors (Lipinski definition) is 4. The summed E-state index contributed by atoms with van der Waals surface area (Å²) in [6.07, 6.45) is -0.992. The number of aliphatic imine (C=N–C) groups is 1. The summed E-state index contributed by atoms with van der Waals surface area (Å²) in [7, 11) is 1.70. The number of alkyl halides is 3. The van der Waals surface area contributed by atoms with Crippen molar-refractivity contribution in [1.29, 1.82) is 0 Å². The molecule has 2 N–H and O–H groups in total. The SMILES string of the molecule is CN=C(NCC(c1cccs1)N1CCCC1)NC1CCN(CC(F)(F)F)C1.I. The average molecular weight is 531 g/mol. The summed E-state index contributed by atoms with van der Waals surface area (Å²) in [5.41, 5.74) is 0. The highest BCUT2D eigenvalue weighted by molar-refractivity contribution is 14.0. The largest absolute Gasteiger partial charge is 0.401 e. The summed E-state index contributed by atoms with van der Waals surface area (Å²) in [5.74, 6) is 0.662. The minimum absolute atomic E-state index is 0. The highest BCUT2D eigenvalue weighted by Crippen LogP contribution is 2.27. The van der Waals surface area contributed by atoms with Crippen molar-refractivity contribution in [3.8, 4) is 0 Å². The van der Waals surface area contributed by atoms with Gasteiger partial charge in [-0.15, -0.1) is 35.3 Å². The van der Waals surface area contributed by atoms with E-state index in [1.54, 1.807) is 18.4 Å². The number of hydrogen-bond donors (Lipinski definition) is 2. The van der Waals surface area contributed by atoms with Crippen molar-refractivity contribution in [2.24, 2.45) is 4.99 Å². The van der Waals surface area contributed by atoms with Gasteiger partial charge in [-0.05, 0) is 43.8 Å². The van der Waals surface area contributed by atoms with Crippen molar-refractivity contribution in [3.63, 3.8) is 0 Å². The van der Waals surface area contributed by atoms with Gasteiger partial charge in [0.1, 0.15) is 0 Å². The zero-order valence-corrected chi connectivity index (χ0v) is 19.2. The fraction of sp³-hybridized carbons (Fsp3) is 0.722. The van der Waals surface area contributed by atoms with Crippen LogP contribution in [0.25, 0.3) is 0 Å². The van der Waals surface area contributed by atoms with Gasteiger partial charge < -0.3 is 10.6 Å². The molecule has 0 bridgehead atoms. The van der Waals surface area contributed by atoms with Crippen molar-refractivity contribution in [2.75, 3.05) is 46.3 Å². The molecule has 28 heavy (non-hydrogen) atoms. The molecule has 3 heterocycles. The first-order valence-electron chi connectivity index (χ1n) is 9.48. The smallest absolute Gasteiger partial charge is 0.354 e. The van der Waals surface area contributed by atoms with Gasteiger partial charge in [0, 0.05) is 37.6 Å². The third-order valence-electron chi connectivity index (χ3n) is 5.16. The van der Waals surface area contributed by atoms with Crippen LogP contribution in [-0.2, 0) is 0 Å². The first-order chi connectivity index (χ1) is 12.9. The molecule has 2 atom stereocenters. The molecule has 1 aromatic rings. The fourth-order valence-electron chi connectivity index (χ4n) is 3.87. The third kappa shape index (κ3) is 7.03. The van der Waals surface area contributed by atoms with Crippen molar-refractivity contribution in [2.45, 2.75) is 37.5 Å². The van der Waals surface area contributed by atoms with Crippen LogP contribution in [0.4, 0.5) is 13.2 Å². The Labute approximate surface area is 185 Å². The van der Waals surface area contributed by atoms with Crippen LogP contribution in [0.1, 0.15) is 30.2 Å². The average Bonchev–Trinajstić information content (AvgIpc) is 3.36. The molecule has 0 saturated carbocycles. The molecule has 1 aromatic heterocycles. The number of nitrogens with zero attached hydrogens (tertiary/aromatic N) is 3. The number of guanidine groups is 1. The lowest BCUT2D eigenvalue weighted by atomic mass is 10.2. The summed E-state index contributed by atoms with van der Waals surface area (Å²) in [5, 5.41) is 8.77. The molecule has 160 valence electrons. The van der Waals surface area contributed by atoms with Gasteiger partial charge >= 0.3 is 6.18 Å². The lowest BCUT2D eigenvalue weighted by Crippen LogP contribution is -2.47. The van der Waals surface area contributed by atoms with Gasteiger partial charge in [0.15, 0.2) is 5.96 Å². The lowest BCUT2D eigenvalue weighted by Gasteiger charge is -2.28. The van der Waals surface area contributed by atoms with Crippen LogP contribution in [0.15, 0.2) is 22.5 Å². The second-order valence-corrected chi connectivity index (χ2v) is 8.19. The summed E-state index contributed by atoms with van der Waals surface area (Å²) in [6.45, 7) is 2.95. The maximum Gasteiger partial charge on any atom is 0.401 e. The van der Waals surface area contributed by atoms with Gasteiger partial charge in [0.05, 0.1) is 12.6 Å². The summed E-state index contributed by atoms with van der Waals surface area (Å²) in [4.78, 5) is 9.54. The molecule has 5 nitrogen and oxygen atoms in total. The van der Waals surface area contributed by atoms with E-state index in [1.807, 2.05) is 0 Å². The lowest BCUT2D eigenvalue weighted by molar-refractivity contribution is -0.143. The molecule has 2 aliphatic heterocycles. The van der Waals surface area contributed by atoms with E-state index in [0.29, 0.717) is 31.5 Å². The number of likely N-dealkylation sites (tertiary alicyclic amines) is 2. The van der Waals surface area contributed by atoms with Gasteiger partial charge in [-0.2, -0.15) is 13.2 Å². The molecule has 0 amide bonds. The van der Waals surface area contributed by atoms with Gasteiger partial charge in [-0.25, -0.2) is 0 Å². The number of rotatable bonds is 6. The zero-order valence-electron chi connectivity index (χ0n) is 16.0. The molecular weight excluding hydrogens is 502 g/mol. The molecule has 2 saturated heterocycles. The predicted molar refractivity (Wildman–Crippen MR) is 119 cm³/mol. The van der Waals surface area contributed by atoms with Crippen LogP contribution in [0, 0.1) is 0 Å². The summed E-state index contributed by atoms with van der Waals surface area (Å²) < 4.78 is 37.7. The number of thiophene rings is 1. The number of halogens is 4. The van der Waals surface area contributed by atoms with Crippen LogP contribution >= 0.6 is 35.3 Å². The Morgan fingerprint density at radius 1 is 1.32 bits per heavy atom. The predicted octanol–water partition coefficient (Wildman–Crippen LogP) is 3.30. The molecule has 0 radical (unpaired) electrons. The molecule has 0 aromatic carbocycles. The van der Waals surface area contributed by atoms with Crippen LogP contribution in [0.2, 0.25) is 0 Å². The molecule has 2 fully saturated rings. The fourth-order valence-corrected chi connectivity index (χ4v) is 4.73. The molecular formula is C18H29F3IN5S. The van der Waals surface area contributed by atoms with Crippen LogP contribution in [0.3, 0.4) is 0 Å². The highest BCUT2D eigenvalue weighted by atomic mass is 127. The second kappa shape index (κ2) is 11.0. The highest BCUT2D eigenvalue weighted by Gasteiger charge is 2.34. The molecule has 0 aliphatic carbocycles. The monoisotopic (exact) mass is 531 g/mol. The van der Waals surface area contributed by atoms with E-state index >= 15 is 0 Å².